The number of ether oxygens (including phenoxy) is 1. The molecule has 3 nitrogen and oxygen atoms in total. The zero-order chi connectivity index (χ0) is 11.9. The molecular weight excluding hydrogens is 202 g/mol. The molecule has 1 unspecified atom stereocenters. The molecule has 1 aliphatic carbocycles. The lowest BCUT2D eigenvalue weighted by atomic mass is 9.86. The summed E-state index contributed by atoms with van der Waals surface area (Å²) in [4.78, 5) is 11.4. The maximum atomic E-state index is 11.4. The second-order valence-electron chi connectivity index (χ2n) is 4.99. The number of fused-ring (bicyclic) bond motifs is 1. The zero-order valence-corrected chi connectivity index (χ0v) is 9.91. The van der Waals surface area contributed by atoms with Gasteiger partial charge >= 0.3 is 5.97 Å². The highest BCUT2D eigenvalue weighted by molar-refractivity contribution is 5.89. The van der Waals surface area contributed by atoms with Gasteiger partial charge in [0.15, 0.2) is 0 Å². The Morgan fingerprint density at radius 3 is 2.81 bits per heavy atom. The van der Waals surface area contributed by atoms with Crippen molar-refractivity contribution in [1.29, 1.82) is 0 Å². The fourth-order valence-corrected chi connectivity index (χ4v) is 2.50. The Labute approximate surface area is 95.6 Å². The van der Waals surface area contributed by atoms with Crippen LogP contribution in [0.15, 0.2) is 18.2 Å². The van der Waals surface area contributed by atoms with Crippen molar-refractivity contribution in [2.24, 2.45) is 5.73 Å². The van der Waals surface area contributed by atoms with E-state index in [2.05, 4.69) is 13.8 Å². The van der Waals surface area contributed by atoms with Gasteiger partial charge in [0.1, 0.15) is 0 Å². The predicted molar refractivity (Wildman–Crippen MR) is 62.4 cm³/mol. The summed E-state index contributed by atoms with van der Waals surface area (Å²) < 4.78 is 4.70. The lowest BCUT2D eigenvalue weighted by Crippen LogP contribution is -2.14. The van der Waals surface area contributed by atoms with Gasteiger partial charge in [-0.1, -0.05) is 19.9 Å². The molecule has 0 fully saturated rings. The van der Waals surface area contributed by atoms with Crippen molar-refractivity contribution >= 4 is 5.97 Å². The predicted octanol–water partition coefficient (Wildman–Crippen LogP) is 2.15. The van der Waals surface area contributed by atoms with Gasteiger partial charge in [-0.15, -0.1) is 0 Å². The molecule has 0 radical (unpaired) electrons. The van der Waals surface area contributed by atoms with E-state index in [1.165, 1.54) is 12.7 Å². The second kappa shape index (κ2) is 3.59. The highest BCUT2D eigenvalue weighted by Gasteiger charge is 2.35. The maximum Gasteiger partial charge on any atom is 0.337 e. The molecule has 1 atom stereocenters. The fourth-order valence-electron chi connectivity index (χ4n) is 2.50. The summed E-state index contributed by atoms with van der Waals surface area (Å²) in [7, 11) is 1.39. The molecule has 0 heterocycles. The van der Waals surface area contributed by atoms with E-state index >= 15 is 0 Å². The Hall–Kier alpha value is -1.35. The highest BCUT2D eigenvalue weighted by atomic mass is 16.5. The molecule has 0 aromatic heterocycles. The minimum atomic E-state index is -0.306. The Kier molecular flexibility index (Phi) is 2.50. The van der Waals surface area contributed by atoms with Gasteiger partial charge in [-0.05, 0) is 35.1 Å². The topological polar surface area (TPSA) is 52.3 Å². The first-order chi connectivity index (χ1) is 7.45. The average molecular weight is 219 g/mol. The molecule has 0 spiro atoms. The number of nitrogens with two attached hydrogens (primary N) is 1. The van der Waals surface area contributed by atoms with Gasteiger partial charge in [-0.25, -0.2) is 4.79 Å². The molecule has 0 saturated carbocycles. The molecule has 86 valence electrons. The highest BCUT2D eigenvalue weighted by Crippen LogP contribution is 2.43. The maximum absolute atomic E-state index is 11.4. The standard InChI is InChI=1S/C13H17NO2/c1-13(2)7-11(14)9-6-8(12(15)16-3)4-5-10(9)13/h4-6,11H,7,14H2,1-3H3. The van der Waals surface area contributed by atoms with E-state index in [0.717, 1.165) is 12.0 Å². The van der Waals surface area contributed by atoms with Crippen LogP contribution in [0.2, 0.25) is 0 Å². The summed E-state index contributed by atoms with van der Waals surface area (Å²) in [5.41, 5.74) is 9.08. The van der Waals surface area contributed by atoms with E-state index < -0.39 is 0 Å². The van der Waals surface area contributed by atoms with Crippen molar-refractivity contribution in [2.45, 2.75) is 31.7 Å². The zero-order valence-electron chi connectivity index (χ0n) is 9.91. The number of rotatable bonds is 1. The summed E-state index contributed by atoms with van der Waals surface area (Å²) in [5, 5.41) is 0. The van der Waals surface area contributed by atoms with E-state index in [1.807, 2.05) is 18.2 Å². The van der Waals surface area contributed by atoms with Crippen LogP contribution in [0.25, 0.3) is 0 Å². The van der Waals surface area contributed by atoms with Crippen LogP contribution in [0.1, 0.15) is 47.8 Å². The van der Waals surface area contributed by atoms with Crippen LogP contribution in [0.3, 0.4) is 0 Å². The van der Waals surface area contributed by atoms with E-state index in [9.17, 15) is 4.79 Å². The monoisotopic (exact) mass is 219 g/mol. The van der Waals surface area contributed by atoms with E-state index in [0.29, 0.717) is 5.56 Å². The summed E-state index contributed by atoms with van der Waals surface area (Å²) in [6.07, 6.45) is 0.924. The van der Waals surface area contributed by atoms with Crippen molar-refractivity contribution in [3.05, 3.63) is 34.9 Å². The summed E-state index contributed by atoms with van der Waals surface area (Å²) in [6, 6.07) is 5.69. The molecule has 0 amide bonds. The number of carbonyl (C=O) groups is 1. The second-order valence-corrected chi connectivity index (χ2v) is 4.99. The molecule has 2 N–H and O–H groups in total. The largest absolute Gasteiger partial charge is 0.465 e. The van der Waals surface area contributed by atoms with Crippen molar-refractivity contribution < 1.29 is 9.53 Å². The summed E-state index contributed by atoms with van der Waals surface area (Å²) in [5.74, 6) is -0.306. The Morgan fingerprint density at radius 1 is 1.50 bits per heavy atom. The van der Waals surface area contributed by atoms with Gasteiger partial charge in [-0.3, -0.25) is 0 Å². The lowest BCUT2D eigenvalue weighted by Gasteiger charge is -2.18. The molecule has 2 rings (SSSR count). The van der Waals surface area contributed by atoms with Crippen LogP contribution < -0.4 is 5.73 Å². The number of benzene rings is 1. The van der Waals surface area contributed by atoms with Crippen molar-refractivity contribution in [3.8, 4) is 0 Å². The fraction of sp³-hybridized carbons (Fsp3) is 0.462. The van der Waals surface area contributed by atoms with Gasteiger partial charge in [0, 0.05) is 6.04 Å². The lowest BCUT2D eigenvalue weighted by molar-refractivity contribution is 0.0600. The van der Waals surface area contributed by atoms with Crippen LogP contribution in [0, 0.1) is 0 Å². The van der Waals surface area contributed by atoms with Crippen molar-refractivity contribution in [1.82, 2.24) is 0 Å². The molecule has 1 aliphatic rings. The van der Waals surface area contributed by atoms with Crippen LogP contribution in [-0.2, 0) is 10.2 Å². The number of hydrogen-bond donors (Lipinski definition) is 1. The van der Waals surface area contributed by atoms with E-state index in [4.69, 9.17) is 10.5 Å². The van der Waals surface area contributed by atoms with Gasteiger partial charge in [0.25, 0.3) is 0 Å². The van der Waals surface area contributed by atoms with Crippen LogP contribution in [0.5, 0.6) is 0 Å². The number of carbonyl (C=O) groups excluding carboxylic acids is 1. The minimum Gasteiger partial charge on any atom is -0.465 e. The first-order valence-electron chi connectivity index (χ1n) is 5.44. The molecular formula is C13H17NO2. The molecule has 3 heteroatoms. The summed E-state index contributed by atoms with van der Waals surface area (Å²) in [6.45, 7) is 4.35. The molecule has 1 aromatic rings. The quantitative estimate of drug-likeness (QED) is 0.736. The first-order valence-corrected chi connectivity index (χ1v) is 5.44. The van der Waals surface area contributed by atoms with Gasteiger partial charge in [-0.2, -0.15) is 0 Å². The normalized spacial score (nSPS) is 21.6. The summed E-state index contributed by atoms with van der Waals surface area (Å²) >= 11 is 0. The molecule has 0 aliphatic heterocycles. The SMILES string of the molecule is COC(=O)c1ccc2c(c1)C(N)CC2(C)C. The number of hydrogen-bond acceptors (Lipinski definition) is 3. The third-order valence-corrected chi connectivity index (χ3v) is 3.33. The van der Waals surface area contributed by atoms with Gasteiger partial charge in [0.2, 0.25) is 0 Å². The number of esters is 1. The first kappa shape index (κ1) is 11.1. The molecule has 0 saturated heterocycles. The van der Waals surface area contributed by atoms with Crippen LogP contribution in [0.4, 0.5) is 0 Å². The number of methoxy groups -OCH3 is 1. The molecule has 16 heavy (non-hydrogen) atoms. The Balaban J connectivity index is 2.48. The van der Waals surface area contributed by atoms with Crippen molar-refractivity contribution in [3.63, 3.8) is 0 Å². The van der Waals surface area contributed by atoms with E-state index in [1.54, 1.807) is 0 Å². The molecule has 0 bridgehead atoms. The van der Waals surface area contributed by atoms with E-state index in [-0.39, 0.29) is 17.4 Å². The van der Waals surface area contributed by atoms with Gasteiger partial charge < -0.3 is 10.5 Å². The minimum absolute atomic E-state index is 0.0228. The smallest absolute Gasteiger partial charge is 0.337 e. The van der Waals surface area contributed by atoms with Crippen LogP contribution >= 0.6 is 0 Å². The third kappa shape index (κ3) is 1.61. The average Bonchev–Trinajstić information content (AvgIpc) is 2.48. The van der Waals surface area contributed by atoms with Gasteiger partial charge in [0.05, 0.1) is 12.7 Å². The van der Waals surface area contributed by atoms with Crippen molar-refractivity contribution in [2.75, 3.05) is 7.11 Å². The molecule has 1 aromatic carbocycles. The third-order valence-electron chi connectivity index (χ3n) is 3.33. The van der Waals surface area contributed by atoms with Crippen LogP contribution in [-0.4, -0.2) is 13.1 Å². The Morgan fingerprint density at radius 2 is 2.19 bits per heavy atom. The Bertz CT molecular complexity index is 438.